The number of amides is 4. The van der Waals surface area contributed by atoms with Crippen LogP contribution in [-0.2, 0) is 19.1 Å². The molecule has 4 amide bonds. The zero-order chi connectivity index (χ0) is 40.1. The molecule has 4 aromatic heterocycles. The number of rotatable bonds is 9. The Hall–Kier alpha value is -5.77. The van der Waals surface area contributed by atoms with Gasteiger partial charge in [0.25, 0.3) is 0 Å². The maximum absolute atomic E-state index is 13.7. The van der Waals surface area contributed by atoms with E-state index in [0.717, 1.165) is 85.0 Å². The first-order chi connectivity index (χ1) is 27.4. The number of imidazole rings is 2. The summed E-state index contributed by atoms with van der Waals surface area (Å²) in [5.74, 6) is 0.895. The van der Waals surface area contributed by atoms with Crippen LogP contribution in [0.4, 0.5) is 9.59 Å². The maximum atomic E-state index is 13.7. The lowest BCUT2D eigenvalue weighted by Crippen LogP contribution is -2.51. The van der Waals surface area contributed by atoms with Crippen LogP contribution < -0.4 is 10.6 Å². The summed E-state index contributed by atoms with van der Waals surface area (Å²) in [6.45, 7) is 8.77. The molecule has 0 saturated carbocycles. The SMILES string of the molecule is COC(=O)N[C@H](C(=O)N1CCC[C@H]1c1nc2c(cnc3cc(-c4cc5ccc6[nH]c([C@@H]7CCCN7C(=O)[C@@H](NC(=O)OC)C(C)C)nc6c5s4)ccc32)[nH]1)C(C)C. The monoisotopic (exact) mass is 793 g/mol. The van der Waals surface area contributed by atoms with E-state index in [1.54, 1.807) is 17.5 Å². The number of carbonyl (C=O) groups excluding carboxylic acids is 4. The Labute approximate surface area is 332 Å². The van der Waals surface area contributed by atoms with Gasteiger partial charge in [-0.05, 0) is 72.7 Å². The van der Waals surface area contributed by atoms with Gasteiger partial charge in [-0.3, -0.25) is 14.6 Å². The van der Waals surface area contributed by atoms with Crippen LogP contribution in [0.5, 0.6) is 0 Å². The molecule has 16 heteroatoms. The van der Waals surface area contributed by atoms with Gasteiger partial charge in [0.15, 0.2) is 0 Å². The summed E-state index contributed by atoms with van der Waals surface area (Å²) >= 11 is 1.66. The second-order valence-electron chi connectivity index (χ2n) is 15.6. The van der Waals surface area contributed by atoms with Crippen molar-refractivity contribution < 1.29 is 28.7 Å². The van der Waals surface area contributed by atoms with E-state index in [1.807, 2.05) is 43.6 Å². The minimum absolute atomic E-state index is 0.118. The summed E-state index contributed by atoms with van der Waals surface area (Å²) < 4.78 is 10.6. The van der Waals surface area contributed by atoms with Crippen LogP contribution in [0, 0.1) is 11.8 Å². The summed E-state index contributed by atoms with van der Waals surface area (Å²) in [6, 6.07) is 10.6. The zero-order valence-corrected chi connectivity index (χ0v) is 33.7. The number of likely N-dealkylation sites (tertiary alicyclic amines) is 2. The van der Waals surface area contributed by atoms with Gasteiger partial charge in [0.1, 0.15) is 29.2 Å². The molecule has 2 fully saturated rings. The lowest BCUT2D eigenvalue weighted by molar-refractivity contribution is -0.136. The van der Waals surface area contributed by atoms with E-state index in [2.05, 4.69) is 50.9 Å². The molecule has 0 spiro atoms. The Bertz CT molecular complexity index is 2520. The van der Waals surface area contributed by atoms with Gasteiger partial charge < -0.3 is 39.9 Å². The maximum Gasteiger partial charge on any atom is 0.407 e. The molecule has 0 bridgehead atoms. The fourth-order valence-electron chi connectivity index (χ4n) is 8.26. The van der Waals surface area contributed by atoms with Crippen molar-refractivity contribution in [2.75, 3.05) is 27.3 Å². The fourth-order valence-corrected chi connectivity index (χ4v) is 9.41. The average molecular weight is 794 g/mol. The number of hydrogen-bond donors (Lipinski definition) is 4. The largest absolute Gasteiger partial charge is 0.453 e. The molecule has 2 aliphatic rings. The molecular formula is C41H47N9O6S. The first kappa shape index (κ1) is 38.1. The van der Waals surface area contributed by atoms with Gasteiger partial charge in [-0.25, -0.2) is 19.6 Å². The van der Waals surface area contributed by atoms with Gasteiger partial charge in [-0.15, -0.1) is 11.3 Å². The Morgan fingerprint density at radius 1 is 0.772 bits per heavy atom. The van der Waals surface area contributed by atoms with E-state index in [9.17, 15) is 19.2 Å². The number of alkyl carbamates (subject to hydrolysis) is 2. The summed E-state index contributed by atoms with van der Waals surface area (Å²) in [5, 5.41) is 7.40. The van der Waals surface area contributed by atoms with Crippen LogP contribution in [0.3, 0.4) is 0 Å². The Kier molecular flexibility index (Phi) is 10.2. The van der Waals surface area contributed by atoms with Gasteiger partial charge >= 0.3 is 12.2 Å². The lowest BCUT2D eigenvalue weighted by atomic mass is 10.0. The van der Waals surface area contributed by atoms with E-state index in [1.165, 1.54) is 14.2 Å². The highest BCUT2D eigenvalue weighted by Crippen LogP contribution is 2.41. The van der Waals surface area contributed by atoms with E-state index >= 15 is 0 Å². The molecule has 15 nitrogen and oxygen atoms in total. The van der Waals surface area contributed by atoms with Gasteiger partial charge in [0.2, 0.25) is 11.8 Å². The van der Waals surface area contributed by atoms with Gasteiger partial charge in [0.05, 0.1) is 59.3 Å². The molecule has 0 radical (unpaired) electrons. The molecule has 2 aliphatic heterocycles. The van der Waals surface area contributed by atoms with Gasteiger partial charge in [-0.1, -0.05) is 39.8 Å². The Balaban J connectivity index is 1.06. The van der Waals surface area contributed by atoms with Crippen molar-refractivity contribution in [1.82, 2.24) is 45.4 Å². The molecule has 298 valence electrons. The number of aromatic amines is 2. The van der Waals surface area contributed by atoms with Crippen molar-refractivity contribution in [2.24, 2.45) is 11.8 Å². The number of thiophene rings is 1. The number of ether oxygens (including phenoxy) is 2. The second-order valence-corrected chi connectivity index (χ2v) is 16.6. The van der Waals surface area contributed by atoms with Crippen LogP contribution in [0.25, 0.3) is 53.5 Å². The number of nitrogens with zero attached hydrogens (tertiary/aromatic N) is 5. The van der Waals surface area contributed by atoms with E-state index in [4.69, 9.17) is 24.4 Å². The number of fused-ring (bicyclic) bond motifs is 6. The summed E-state index contributed by atoms with van der Waals surface area (Å²) in [4.78, 5) is 78.1. The number of aromatic nitrogens is 5. The predicted octanol–water partition coefficient (Wildman–Crippen LogP) is 6.96. The molecule has 8 rings (SSSR count). The van der Waals surface area contributed by atoms with Crippen LogP contribution in [0.2, 0.25) is 0 Å². The fraction of sp³-hybridized carbons (Fsp3) is 0.439. The number of methoxy groups -OCH3 is 2. The number of nitrogens with one attached hydrogen (secondary N) is 4. The number of hydrogen-bond acceptors (Lipinski definition) is 10. The molecular weight excluding hydrogens is 747 g/mol. The molecule has 2 aromatic carbocycles. The van der Waals surface area contributed by atoms with Crippen molar-refractivity contribution >= 4 is 78.4 Å². The molecule has 0 aliphatic carbocycles. The number of benzene rings is 2. The minimum atomic E-state index is -0.711. The third kappa shape index (κ3) is 7.00. The van der Waals surface area contributed by atoms with Crippen LogP contribution >= 0.6 is 11.3 Å². The van der Waals surface area contributed by atoms with Crippen molar-refractivity contribution in [1.29, 1.82) is 0 Å². The minimum Gasteiger partial charge on any atom is -0.453 e. The quantitative estimate of drug-likeness (QED) is 0.120. The smallest absolute Gasteiger partial charge is 0.407 e. The van der Waals surface area contributed by atoms with Crippen molar-refractivity contribution in [3.05, 3.63) is 54.2 Å². The van der Waals surface area contributed by atoms with Gasteiger partial charge in [0, 0.05) is 23.4 Å². The summed E-state index contributed by atoms with van der Waals surface area (Å²) in [6.07, 6.45) is 3.72. The topological polar surface area (TPSA) is 188 Å². The van der Waals surface area contributed by atoms with Crippen LogP contribution in [0.15, 0.2) is 42.6 Å². The van der Waals surface area contributed by atoms with Gasteiger partial charge in [-0.2, -0.15) is 0 Å². The van der Waals surface area contributed by atoms with E-state index in [-0.39, 0.29) is 35.7 Å². The lowest BCUT2D eigenvalue weighted by Gasteiger charge is -2.29. The normalized spacial score (nSPS) is 18.3. The third-order valence-electron chi connectivity index (χ3n) is 11.3. The predicted molar refractivity (Wildman–Crippen MR) is 218 cm³/mol. The highest BCUT2D eigenvalue weighted by atomic mass is 32.1. The van der Waals surface area contributed by atoms with E-state index < -0.39 is 24.3 Å². The van der Waals surface area contributed by atoms with Crippen LogP contribution in [-0.4, -0.2) is 98.1 Å². The second kappa shape index (κ2) is 15.3. The first-order valence-electron chi connectivity index (χ1n) is 19.5. The molecule has 57 heavy (non-hydrogen) atoms. The first-order valence-corrected chi connectivity index (χ1v) is 20.3. The molecule has 2 saturated heterocycles. The highest BCUT2D eigenvalue weighted by Gasteiger charge is 2.39. The Morgan fingerprint density at radius 2 is 1.35 bits per heavy atom. The van der Waals surface area contributed by atoms with Crippen molar-refractivity contribution in [2.45, 2.75) is 77.5 Å². The molecule has 4 N–H and O–H groups in total. The summed E-state index contributed by atoms with van der Waals surface area (Å²) in [7, 11) is 2.58. The zero-order valence-electron chi connectivity index (χ0n) is 32.8. The molecule has 6 aromatic rings. The number of carbonyl (C=O) groups is 4. The molecule has 4 atom stereocenters. The number of H-pyrrole nitrogens is 2. The molecule has 6 heterocycles. The van der Waals surface area contributed by atoms with E-state index in [0.29, 0.717) is 18.9 Å². The third-order valence-corrected chi connectivity index (χ3v) is 12.5. The molecule has 0 unspecified atom stereocenters. The standard InChI is InChI=1S/C41H47N9O6S/c1-20(2)31(47-40(53)55-5)38(51)49-15-7-9-28(49)36-43-25-14-12-23-18-30(57-35(23)34(25)46-36)22-11-13-24-26(17-22)42-19-27-33(24)45-37(44-27)29-10-8-16-50(29)39(52)32(21(3)4)48-41(54)56-6/h11-14,17-21,28-29,31-32H,7-10,15-16H2,1-6H3,(H,43,46)(H,44,45)(H,47,53)(H,48,54)/t28-,29-,31-,32-/m0/s1. The Morgan fingerprint density at radius 3 is 1.93 bits per heavy atom. The highest BCUT2D eigenvalue weighted by molar-refractivity contribution is 7.23. The van der Waals surface area contributed by atoms with Crippen LogP contribution in [0.1, 0.15) is 77.1 Å². The average Bonchev–Trinajstić information content (AvgIpc) is 4.05. The van der Waals surface area contributed by atoms with Crippen molar-refractivity contribution in [3.8, 4) is 10.4 Å². The van der Waals surface area contributed by atoms with Crippen molar-refractivity contribution in [3.63, 3.8) is 0 Å². The number of pyridine rings is 1. The summed E-state index contributed by atoms with van der Waals surface area (Å²) in [5.41, 5.74) is 5.16.